The van der Waals surface area contributed by atoms with Gasteiger partial charge in [0.15, 0.2) is 0 Å². The maximum atomic E-state index is 13.5. The van der Waals surface area contributed by atoms with Crippen molar-refractivity contribution in [3.63, 3.8) is 0 Å². The van der Waals surface area contributed by atoms with Crippen LogP contribution in [0.5, 0.6) is 0 Å². The van der Waals surface area contributed by atoms with Crippen LogP contribution >= 0.6 is 22.7 Å². The van der Waals surface area contributed by atoms with E-state index in [4.69, 9.17) is 0 Å². The number of carbonyl (C=O) groups is 1. The average Bonchev–Trinajstić information content (AvgIpc) is 3.13. The van der Waals surface area contributed by atoms with Crippen molar-refractivity contribution in [2.75, 3.05) is 0 Å². The summed E-state index contributed by atoms with van der Waals surface area (Å²) < 4.78 is 27.1. The highest BCUT2D eigenvalue weighted by atomic mass is 32.1. The molecular weight excluding hydrogens is 338 g/mol. The SMILES string of the molecule is Cc1nc(-c2ccc(CNC(=O)c3c(F)cccc3F)s2)cs1. The van der Waals surface area contributed by atoms with Crippen LogP contribution in [0.3, 0.4) is 0 Å². The summed E-state index contributed by atoms with van der Waals surface area (Å²) in [4.78, 5) is 18.2. The lowest BCUT2D eigenvalue weighted by Gasteiger charge is -2.05. The molecule has 1 amide bonds. The van der Waals surface area contributed by atoms with Crippen molar-refractivity contribution in [3.05, 3.63) is 62.8 Å². The number of amides is 1. The zero-order valence-electron chi connectivity index (χ0n) is 12.1. The van der Waals surface area contributed by atoms with Gasteiger partial charge in [0.2, 0.25) is 0 Å². The molecule has 3 aromatic rings. The van der Waals surface area contributed by atoms with Crippen LogP contribution in [0.4, 0.5) is 8.78 Å². The molecule has 0 saturated carbocycles. The second kappa shape index (κ2) is 6.55. The summed E-state index contributed by atoms with van der Waals surface area (Å²) in [6, 6.07) is 7.14. The Morgan fingerprint density at radius 2 is 1.96 bits per heavy atom. The predicted octanol–water partition coefficient (Wildman–Crippen LogP) is 4.39. The van der Waals surface area contributed by atoms with Crippen LogP contribution in [0, 0.1) is 18.6 Å². The molecule has 23 heavy (non-hydrogen) atoms. The van der Waals surface area contributed by atoms with Gasteiger partial charge in [-0.15, -0.1) is 22.7 Å². The van der Waals surface area contributed by atoms with E-state index in [1.807, 2.05) is 24.4 Å². The van der Waals surface area contributed by atoms with E-state index < -0.39 is 23.1 Å². The number of thiazole rings is 1. The number of benzene rings is 1. The van der Waals surface area contributed by atoms with Crippen molar-refractivity contribution >= 4 is 28.6 Å². The van der Waals surface area contributed by atoms with Gasteiger partial charge < -0.3 is 5.32 Å². The fraction of sp³-hybridized carbons (Fsp3) is 0.125. The summed E-state index contributed by atoms with van der Waals surface area (Å²) in [5, 5.41) is 5.50. The zero-order valence-corrected chi connectivity index (χ0v) is 13.7. The minimum atomic E-state index is -0.868. The maximum absolute atomic E-state index is 13.5. The van der Waals surface area contributed by atoms with Crippen LogP contribution < -0.4 is 5.32 Å². The molecule has 1 aromatic carbocycles. The normalized spacial score (nSPS) is 10.7. The summed E-state index contributed by atoms with van der Waals surface area (Å²) in [7, 11) is 0. The fourth-order valence-electron chi connectivity index (χ4n) is 2.06. The van der Waals surface area contributed by atoms with E-state index in [1.54, 1.807) is 11.3 Å². The van der Waals surface area contributed by atoms with Gasteiger partial charge in [0, 0.05) is 10.3 Å². The van der Waals surface area contributed by atoms with Gasteiger partial charge in [-0.05, 0) is 31.2 Å². The lowest BCUT2D eigenvalue weighted by Crippen LogP contribution is -2.24. The molecule has 0 bridgehead atoms. The fourth-order valence-corrected chi connectivity index (χ4v) is 3.65. The highest BCUT2D eigenvalue weighted by Crippen LogP contribution is 2.29. The first-order valence-corrected chi connectivity index (χ1v) is 8.47. The van der Waals surface area contributed by atoms with Gasteiger partial charge in [-0.25, -0.2) is 13.8 Å². The Kier molecular flexibility index (Phi) is 4.49. The Hall–Kier alpha value is -2.12. The molecule has 7 heteroatoms. The highest BCUT2D eigenvalue weighted by Gasteiger charge is 2.17. The maximum Gasteiger partial charge on any atom is 0.257 e. The molecule has 2 aromatic heterocycles. The predicted molar refractivity (Wildman–Crippen MR) is 87.7 cm³/mol. The van der Waals surface area contributed by atoms with E-state index in [0.29, 0.717) is 0 Å². The molecule has 0 unspecified atom stereocenters. The van der Waals surface area contributed by atoms with Crippen LogP contribution in [0.25, 0.3) is 10.6 Å². The number of nitrogens with one attached hydrogen (secondary N) is 1. The van der Waals surface area contributed by atoms with Crippen LogP contribution in [0.1, 0.15) is 20.2 Å². The van der Waals surface area contributed by atoms with Crippen molar-refractivity contribution in [3.8, 4) is 10.6 Å². The molecule has 3 rings (SSSR count). The largest absolute Gasteiger partial charge is 0.347 e. The van der Waals surface area contributed by atoms with Crippen LogP contribution in [-0.4, -0.2) is 10.9 Å². The van der Waals surface area contributed by atoms with Crippen LogP contribution in [0.2, 0.25) is 0 Å². The Labute approximate surface area is 139 Å². The minimum absolute atomic E-state index is 0.209. The first kappa shape index (κ1) is 15.8. The van der Waals surface area contributed by atoms with Crippen molar-refractivity contribution in [1.29, 1.82) is 0 Å². The molecule has 0 radical (unpaired) electrons. The lowest BCUT2D eigenvalue weighted by molar-refractivity contribution is 0.0943. The molecule has 0 fully saturated rings. The zero-order chi connectivity index (χ0) is 16.4. The molecule has 0 atom stereocenters. The van der Waals surface area contributed by atoms with Gasteiger partial charge in [0.1, 0.15) is 17.2 Å². The summed E-state index contributed by atoms with van der Waals surface area (Å²) >= 11 is 3.06. The third-order valence-electron chi connectivity index (χ3n) is 3.15. The molecular formula is C16H12F2N2OS2. The Morgan fingerprint density at radius 1 is 1.22 bits per heavy atom. The highest BCUT2D eigenvalue weighted by molar-refractivity contribution is 7.16. The minimum Gasteiger partial charge on any atom is -0.347 e. The van der Waals surface area contributed by atoms with Gasteiger partial charge in [0.25, 0.3) is 5.91 Å². The number of halogens is 2. The van der Waals surface area contributed by atoms with E-state index in [1.165, 1.54) is 17.4 Å². The van der Waals surface area contributed by atoms with Crippen LogP contribution in [-0.2, 0) is 6.54 Å². The Balaban J connectivity index is 1.69. The molecule has 1 N–H and O–H groups in total. The molecule has 2 heterocycles. The second-order valence-corrected chi connectivity index (χ2v) is 7.03. The van der Waals surface area contributed by atoms with Crippen molar-refractivity contribution in [1.82, 2.24) is 10.3 Å². The van der Waals surface area contributed by atoms with E-state index in [9.17, 15) is 13.6 Å². The molecule has 3 nitrogen and oxygen atoms in total. The van der Waals surface area contributed by atoms with Gasteiger partial charge >= 0.3 is 0 Å². The van der Waals surface area contributed by atoms with Crippen molar-refractivity contribution in [2.24, 2.45) is 0 Å². The monoisotopic (exact) mass is 350 g/mol. The van der Waals surface area contributed by atoms with E-state index in [0.717, 1.165) is 32.6 Å². The molecule has 0 spiro atoms. The number of nitrogens with zero attached hydrogens (tertiary/aromatic N) is 1. The number of thiophene rings is 1. The molecule has 0 aliphatic carbocycles. The van der Waals surface area contributed by atoms with E-state index >= 15 is 0 Å². The topological polar surface area (TPSA) is 42.0 Å². The second-order valence-electron chi connectivity index (χ2n) is 4.80. The Bertz CT molecular complexity index is 837. The van der Waals surface area contributed by atoms with Gasteiger partial charge in [0.05, 0.1) is 22.1 Å². The number of hydrogen-bond donors (Lipinski definition) is 1. The third-order valence-corrected chi connectivity index (χ3v) is 5.03. The lowest BCUT2D eigenvalue weighted by atomic mass is 10.2. The molecule has 0 aliphatic rings. The summed E-state index contributed by atoms with van der Waals surface area (Å²) in [6.07, 6.45) is 0. The number of aryl methyl sites for hydroxylation is 1. The summed E-state index contributed by atoms with van der Waals surface area (Å²) in [5.74, 6) is -2.50. The summed E-state index contributed by atoms with van der Waals surface area (Å²) in [6.45, 7) is 2.15. The van der Waals surface area contributed by atoms with E-state index in [-0.39, 0.29) is 6.54 Å². The standard InChI is InChI=1S/C16H12F2N2OS2/c1-9-20-13(8-22-9)14-6-5-10(23-14)7-19-16(21)15-11(17)3-2-4-12(15)18/h2-6,8H,7H2,1H3,(H,19,21). The molecule has 0 saturated heterocycles. The first-order valence-electron chi connectivity index (χ1n) is 6.78. The number of aromatic nitrogens is 1. The quantitative estimate of drug-likeness (QED) is 0.758. The molecule has 118 valence electrons. The number of carbonyl (C=O) groups excluding carboxylic acids is 1. The smallest absolute Gasteiger partial charge is 0.257 e. The van der Waals surface area contributed by atoms with Gasteiger partial charge in [-0.2, -0.15) is 0 Å². The Morgan fingerprint density at radius 3 is 2.61 bits per heavy atom. The first-order chi connectivity index (χ1) is 11.0. The van der Waals surface area contributed by atoms with Crippen molar-refractivity contribution < 1.29 is 13.6 Å². The number of rotatable bonds is 4. The molecule has 0 aliphatic heterocycles. The summed E-state index contributed by atoms with van der Waals surface area (Å²) in [5.41, 5.74) is 0.342. The third kappa shape index (κ3) is 3.46. The van der Waals surface area contributed by atoms with Crippen molar-refractivity contribution in [2.45, 2.75) is 13.5 Å². The average molecular weight is 350 g/mol. The van der Waals surface area contributed by atoms with E-state index in [2.05, 4.69) is 10.3 Å². The van der Waals surface area contributed by atoms with Crippen LogP contribution in [0.15, 0.2) is 35.7 Å². The number of hydrogen-bond acceptors (Lipinski definition) is 4. The van der Waals surface area contributed by atoms with Gasteiger partial charge in [-0.1, -0.05) is 6.07 Å². The van der Waals surface area contributed by atoms with Gasteiger partial charge in [-0.3, -0.25) is 4.79 Å².